The van der Waals surface area contributed by atoms with Crippen molar-refractivity contribution < 1.29 is 4.74 Å². The van der Waals surface area contributed by atoms with Crippen LogP contribution in [0.3, 0.4) is 0 Å². The maximum atomic E-state index is 6.11. The molecule has 0 bridgehead atoms. The molecule has 1 saturated heterocycles. The number of fused-ring (bicyclic) bond motifs is 1. The van der Waals surface area contributed by atoms with Crippen LogP contribution >= 0.6 is 22.9 Å². The monoisotopic (exact) mass is 332 g/mol. The average Bonchev–Trinajstić information content (AvgIpc) is 2.99. The molecule has 1 aliphatic heterocycles. The minimum absolute atomic E-state index is 0.285. The molecule has 0 atom stereocenters. The summed E-state index contributed by atoms with van der Waals surface area (Å²) in [6.45, 7) is 3.08. The lowest BCUT2D eigenvalue weighted by Crippen LogP contribution is -2.36. The summed E-state index contributed by atoms with van der Waals surface area (Å²) in [5.74, 6) is 0.906. The van der Waals surface area contributed by atoms with Crippen LogP contribution in [0, 0.1) is 0 Å². The van der Waals surface area contributed by atoms with E-state index >= 15 is 0 Å². The molecule has 3 aromatic rings. The number of aromatic nitrogens is 3. The van der Waals surface area contributed by atoms with Crippen LogP contribution in [0.1, 0.15) is 0 Å². The fraction of sp³-hybridized carbons (Fsp3) is 0.267. The number of hydrogen-bond donors (Lipinski definition) is 0. The topological polar surface area (TPSA) is 51.1 Å². The Hall–Kier alpha value is -1.76. The highest BCUT2D eigenvalue weighted by Crippen LogP contribution is 2.37. The van der Waals surface area contributed by atoms with E-state index in [4.69, 9.17) is 16.3 Å². The molecule has 5 nitrogen and oxygen atoms in total. The molecule has 4 rings (SSSR count). The van der Waals surface area contributed by atoms with Gasteiger partial charge in [0, 0.05) is 30.4 Å². The number of pyridine rings is 1. The Morgan fingerprint density at radius 3 is 2.68 bits per heavy atom. The van der Waals surface area contributed by atoms with Crippen LogP contribution < -0.4 is 4.90 Å². The smallest absolute Gasteiger partial charge is 0.224 e. The third-order valence-corrected chi connectivity index (χ3v) is 4.94. The maximum Gasteiger partial charge on any atom is 0.224 e. The number of hydrogen-bond acceptors (Lipinski definition) is 6. The Kier molecular flexibility index (Phi) is 3.65. The van der Waals surface area contributed by atoms with Crippen LogP contribution in [0.15, 0.2) is 30.6 Å². The zero-order chi connectivity index (χ0) is 14.9. The lowest BCUT2D eigenvalue weighted by atomic mass is 10.2. The van der Waals surface area contributed by atoms with Gasteiger partial charge in [-0.25, -0.2) is 4.98 Å². The summed E-state index contributed by atoms with van der Waals surface area (Å²) >= 11 is 7.80. The van der Waals surface area contributed by atoms with Gasteiger partial charge in [-0.05, 0) is 35.4 Å². The highest BCUT2D eigenvalue weighted by atomic mass is 35.5. The average molecular weight is 333 g/mol. The number of rotatable bonds is 2. The van der Waals surface area contributed by atoms with Crippen molar-refractivity contribution >= 4 is 39.0 Å². The van der Waals surface area contributed by atoms with E-state index in [1.165, 1.54) is 0 Å². The first-order chi connectivity index (χ1) is 10.8. The summed E-state index contributed by atoms with van der Waals surface area (Å²) in [5.41, 5.74) is 2.01. The zero-order valence-electron chi connectivity index (χ0n) is 11.7. The van der Waals surface area contributed by atoms with Crippen LogP contribution in [0.5, 0.6) is 0 Å². The quantitative estimate of drug-likeness (QED) is 0.674. The van der Waals surface area contributed by atoms with Crippen LogP contribution in [-0.4, -0.2) is 41.3 Å². The van der Waals surface area contributed by atoms with Gasteiger partial charge < -0.3 is 9.64 Å². The second kappa shape index (κ2) is 5.79. The molecule has 1 aliphatic rings. The molecule has 0 radical (unpaired) electrons. The van der Waals surface area contributed by atoms with E-state index in [2.05, 4.69) is 25.9 Å². The minimum atomic E-state index is 0.285. The fourth-order valence-electron chi connectivity index (χ4n) is 2.54. The Morgan fingerprint density at radius 1 is 1.14 bits per heavy atom. The molecule has 3 aromatic heterocycles. The van der Waals surface area contributed by atoms with Gasteiger partial charge in [0.25, 0.3) is 0 Å². The van der Waals surface area contributed by atoms with Crippen LogP contribution in [0.25, 0.3) is 20.7 Å². The van der Waals surface area contributed by atoms with Crippen molar-refractivity contribution in [3.8, 4) is 10.4 Å². The third kappa shape index (κ3) is 2.54. The van der Waals surface area contributed by atoms with Crippen LogP contribution in [0.2, 0.25) is 5.28 Å². The summed E-state index contributed by atoms with van der Waals surface area (Å²) < 4.78 is 6.48. The molecule has 0 saturated carbocycles. The highest BCUT2D eigenvalue weighted by molar-refractivity contribution is 7.22. The van der Waals surface area contributed by atoms with Gasteiger partial charge in [-0.15, -0.1) is 11.3 Å². The summed E-state index contributed by atoms with van der Waals surface area (Å²) in [6.07, 6.45) is 3.59. The molecule has 0 spiro atoms. The number of thiophene rings is 1. The van der Waals surface area contributed by atoms with Crippen LogP contribution in [0.4, 0.5) is 5.82 Å². The number of ether oxygens (including phenoxy) is 1. The van der Waals surface area contributed by atoms with E-state index in [1.807, 2.05) is 12.1 Å². The molecule has 4 heterocycles. The van der Waals surface area contributed by atoms with Gasteiger partial charge in [-0.2, -0.15) is 4.98 Å². The second-order valence-electron chi connectivity index (χ2n) is 4.98. The SMILES string of the molecule is Clc1nc(N2CCOCC2)c2sc(-c3ccncc3)cc2n1. The van der Waals surface area contributed by atoms with Crippen molar-refractivity contribution in [2.45, 2.75) is 0 Å². The molecule has 22 heavy (non-hydrogen) atoms. The van der Waals surface area contributed by atoms with Crippen molar-refractivity contribution in [2.75, 3.05) is 31.2 Å². The zero-order valence-corrected chi connectivity index (χ0v) is 13.3. The third-order valence-electron chi connectivity index (χ3n) is 3.60. The molecular weight excluding hydrogens is 320 g/mol. The first-order valence-corrected chi connectivity index (χ1v) is 8.21. The molecule has 0 aliphatic carbocycles. The van der Waals surface area contributed by atoms with Crippen molar-refractivity contribution in [1.82, 2.24) is 15.0 Å². The number of morpholine rings is 1. The molecule has 0 aromatic carbocycles. The number of halogens is 1. The van der Waals surface area contributed by atoms with E-state index < -0.39 is 0 Å². The first kappa shape index (κ1) is 13.9. The maximum absolute atomic E-state index is 6.11. The summed E-state index contributed by atoms with van der Waals surface area (Å²) in [5, 5.41) is 0.285. The molecule has 7 heteroatoms. The fourth-order valence-corrected chi connectivity index (χ4v) is 3.83. The molecular formula is C15H13ClN4OS. The van der Waals surface area contributed by atoms with Crippen LogP contribution in [-0.2, 0) is 4.74 Å². The first-order valence-electron chi connectivity index (χ1n) is 7.01. The van der Waals surface area contributed by atoms with Gasteiger partial charge in [-0.1, -0.05) is 0 Å². The minimum Gasteiger partial charge on any atom is -0.378 e. The van der Waals surface area contributed by atoms with Crippen molar-refractivity contribution in [1.29, 1.82) is 0 Å². The number of nitrogens with zero attached hydrogens (tertiary/aromatic N) is 4. The van der Waals surface area contributed by atoms with Gasteiger partial charge >= 0.3 is 0 Å². The summed E-state index contributed by atoms with van der Waals surface area (Å²) in [4.78, 5) is 16.2. The lowest BCUT2D eigenvalue weighted by molar-refractivity contribution is 0.122. The summed E-state index contributed by atoms with van der Waals surface area (Å²) in [6, 6.07) is 6.05. The van der Waals surface area contributed by atoms with Gasteiger partial charge in [0.2, 0.25) is 5.28 Å². The Labute approximate surface area is 136 Å². The second-order valence-corrected chi connectivity index (χ2v) is 6.37. The normalized spacial score (nSPS) is 15.4. The van der Waals surface area contributed by atoms with Gasteiger partial charge in [0.05, 0.1) is 23.4 Å². The van der Waals surface area contributed by atoms with E-state index in [0.29, 0.717) is 13.2 Å². The Balaban J connectivity index is 1.84. The predicted octanol–water partition coefficient (Wildman–Crippen LogP) is 3.24. The Bertz CT molecular complexity index is 802. The van der Waals surface area contributed by atoms with Crippen molar-refractivity contribution in [2.24, 2.45) is 0 Å². The van der Waals surface area contributed by atoms with Gasteiger partial charge in [0.1, 0.15) is 0 Å². The van der Waals surface area contributed by atoms with Crippen molar-refractivity contribution in [3.63, 3.8) is 0 Å². The lowest BCUT2D eigenvalue weighted by Gasteiger charge is -2.28. The number of anilines is 1. The van der Waals surface area contributed by atoms with Gasteiger partial charge in [-0.3, -0.25) is 4.98 Å². The van der Waals surface area contributed by atoms with Gasteiger partial charge in [0.15, 0.2) is 5.82 Å². The van der Waals surface area contributed by atoms with E-state index in [1.54, 1.807) is 23.7 Å². The molecule has 0 N–H and O–H groups in total. The molecule has 1 fully saturated rings. The van der Waals surface area contributed by atoms with E-state index in [9.17, 15) is 0 Å². The molecule has 0 amide bonds. The molecule has 0 unspecified atom stereocenters. The highest BCUT2D eigenvalue weighted by Gasteiger charge is 2.19. The standard InChI is InChI=1S/C15H13ClN4OS/c16-15-18-11-9-12(10-1-3-17-4-2-10)22-13(11)14(19-15)20-5-7-21-8-6-20/h1-4,9H,5-8H2. The molecule has 112 valence electrons. The Morgan fingerprint density at radius 2 is 1.91 bits per heavy atom. The summed E-state index contributed by atoms with van der Waals surface area (Å²) in [7, 11) is 0. The van der Waals surface area contributed by atoms with E-state index in [0.717, 1.165) is 39.6 Å². The van der Waals surface area contributed by atoms with E-state index in [-0.39, 0.29) is 5.28 Å². The predicted molar refractivity (Wildman–Crippen MR) is 88.7 cm³/mol. The van der Waals surface area contributed by atoms with Crippen molar-refractivity contribution in [3.05, 3.63) is 35.9 Å². The largest absolute Gasteiger partial charge is 0.378 e.